The molecule has 0 bridgehead atoms. The molecule has 1 fully saturated rings. The summed E-state index contributed by atoms with van der Waals surface area (Å²) < 4.78 is 76.5. The number of nitrogens with two attached hydrogens (primary N) is 1. The smallest absolute Gasteiger partial charge is 0.326 e. The van der Waals surface area contributed by atoms with E-state index in [4.69, 9.17) is 33.7 Å². The van der Waals surface area contributed by atoms with Crippen molar-refractivity contribution in [1.82, 2.24) is 19.5 Å². The van der Waals surface area contributed by atoms with Gasteiger partial charge >= 0.3 is 7.82 Å². The molecular weight excluding hydrogens is 835 g/mol. The van der Waals surface area contributed by atoms with E-state index in [-0.39, 0.29) is 56.0 Å². The van der Waals surface area contributed by atoms with Crippen molar-refractivity contribution in [3.63, 3.8) is 0 Å². The van der Waals surface area contributed by atoms with Crippen LogP contribution < -0.4 is 29.8 Å². The quantitative estimate of drug-likeness (QED) is 0.193. The molecule has 2 aromatic heterocycles. The van der Waals surface area contributed by atoms with Gasteiger partial charge in [-0.2, -0.15) is 0 Å². The van der Waals surface area contributed by atoms with E-state index in [0.717, 1.165) is 18.5 Å². The number of phosphoric acid groups is 4. The number of halogens is 2. The maximum Gasteiger partial charge on any atom is 0.326 e. The number of Topliss-reactive ketones (excluding diaryl/α,β-unsaturated/α-hetero) is 1. The fraction of sp³-hybridized carbons (Fsp3) is 0.320. The van der Waals surface area contributed by atoms with Crippen LogP contribution in [-0.2, 0) is 50.7 Å². The Morgan fingerprint density at radius 2 is 1.68 bits per heavy atom. The van der Waals surface area contributed by atoms with Crippen molar-refractivity contribution in [2.24, 2.45) is 4.99 Å². The van der Waals surface area contributed by atoms with Gasteiger partial charge < -0.3 is 44.2 Å². The molecule has 1 saturated heterocycles. The zero-order valence-electron chi connectivity index (χ0n) is 26.5. The first kappa shape index (κ1) is 40.0. The molecule has 28 heteroatoms. The Balaban J connectivity index is 1.07. The Morgan fingerprint density at radius 1 is 1.02 bits per heavy atom. The highest BCUT2D eigenvalue weighted by Gasteiger charge is 2.41. The van der Waals surface area contributed by atoms with Crippen LogP contribution in [0.25, 0.3) is 11.2 Å². The van der Waals surface area contributed by atoms with Gasteiger partial charge in [-0.3, -0.25) is 27.6 Å². The van der Waals surface area contributed by atoms with E-state index in [1.165, 1.54) is 23.0 Å². The summed E-state index contributed by atoms with van der Waals surface area (Å²) in [6, 6.07) is 3.44. The van der Waals surface area contributed by atoms with Gasteiger partial charge in [0.25, 0.3) is 23.5 Å². The second kappa shape index (κ2) is 14.1. The number of aliphatic hydroxyl groups is 1. The lowest BCUT2D eigenvalue weighted by Gasteiger charge is -2.37. The van der Waals surface area contributed by atoms with Crippen molar-refractivity contribution < 1.29 is 74.5 Å². The number of imidazole rings is 1. The Bertz CT molecular complexity index is 2330. The number of phosphoric ester groups is 2. The van der Waals surface area contributed by atoms with Crippen molar-refractivity contribution in [2.45, 2.75) is 44.1 Å². The summed E-state index contributed by atoms with van der Waals surface area (Å²) in [7, 11) is -25.1. The third kappa shape index (κ3) is 8.44. The summed E-state index contributed by atoms with van der Waals surface area (Å²) in [5, 5.41) is 9.96. The average Bonchev–Trinajstić information content (AvgIpc) is 3.61. The van der Waals surface area contributed by atoms with Crippen LogP contribution in [0.5, 0.6) is 5.75 Å². The largest absolute Gasteiger partial charge is 0.756 e. The fourth-order valence-electron chi connectivity index (χ4n) is 5.55. The molecule has 3 aromatic rings. The van der Waals surface area contributed by atoms with E-state index in [2.05, 4.69) is 41.9 Å². The van der Waals surface area contributed by atoms with Crippen molar-refractivity contribution in [3.8, 4) is 5.75 Å². The molecular formula is C25H22Cl2N6O16P4-4. The van der Waals surface area contributed by atoms with E-state index in [9.17, 15) is 47.7 Å². The minimum absolute atomic E-state index is 0.0561. The number of nitrogens with zero attached hydrogens (tertiary/aromatic N) is 5. The Morgan fingerprint density at radius 3 is 2.38 bits per heavy atom. The highest BCUT2D eigenvalue weighted by Crippen LogP contribution is 2.67. The molecule has 0 radical (unpaired) electrons. The molecule has 0 saturated carbocycles. The molecule has 0 spiro atoms. The number of nitrogen functional groups attached to an aromatic ring is 1. The van der Waals surface area contributed by atoms with E-state index < -0.39 is 73.3 Å². The van der Waals surface area contributed by atoms with E-state index in [1.807, 2.05) is 0 Å². The second-order valence-corrected chi connectivity index (χ2v) is 18.5. The van der Waals surface area contributed by atoms with Gasteiger partial charge in [-0.05, 0) is 29.8 Å². The number of aromatic nitrogens is 4. The van der Waals surface area contributed by atoms with Gasteiger partial charge in [0.1, 0.15) is 29.9 Å². The molecule has 7 atom stereocenters. The summed E-state index contributed by atoms with van der Waals surface area (Å²) in [4.78, 5) is 77.9. The lowest BCUT2D eigenvalue weighted by molar-refractivity contribution is -0.253. The maximum absolute atomic E-state index is 12.5. The third-order valence-corrected chi connectivity index (χ3v) is 14.1. The number of hydrogen-bond donors (Lipinski definition) is 2. The van der Waals surface area contributed by atoms with Crippen molar-refractivity contribution >= 4 is 88.7 Å². The van der Waals surface area contributed by atoms with Gasteiger partial charge in [-0.1, -0.05) is 37.0 Å². The molecule has 0 amide bonds. The number of rotatable bonds is 12. The van der Waals surface area contributed by atoms with Gasteiger partial charge in [0.05, 0.1) is 40.5 Å². The monoisotopic (exact) mass is 856 g/mol. The number of carbonyl (C=O) groups excluding carboxylic acids is 1. The summed E-state index contributed by atoms with van der Waals surface area (Å²) in [6.07, 6.45) is -0.132. The first-order valence-electron chi connectivity index (χ1n) is 14.5. The van der Waals surface area contributed by atoms with Crippen molar-refractivity contribution in [1.29, 1.82) is 0 Å². The van der Waals surface area contributed by atoms with Crippen LogP contribution >= 0.6 is 54.5 Å². The number of carbonyl (C=O) groups is 1. The zero-order valence-corrected chi connectivity index (χ0v) is 31.6. The molecule has 286 valence electrons. The minimum atomic E-state index is -6.52. The summed E-state index contributed by atoms with van der Waals surface area (Å²) in [6.45, 7) is 2.20. The van der Waals surface area contributed by atoms with E-state index >= 15 is 0 Å². The molecule has 3 N–H and O–H groups in total. The van der Waals surface area contributed by atoms with Crippen molar-refractivity contribution in [2.75, 3.05) is 12.3 Å². The first-order chi connectivity index (χ1) is 24.5. The number of hydrogen-bond acceptors (Lipinski definition) is 21. The average molecular weight is 857 g/mol. The zero-order chi connectivity index (χ0) is 38.9. The van der Waals surface area contributed by atoms with E-state index in [1.54, 1.807) is 13.8 Å². The number of aliphatic imine (C=N–C) groups is 1. The van der Waals surface area contributed by atoms with Gasteiger partial charge in [-0.15, -0.1) is 0 Å². The minimum Gasteiger partial charge on any atom is -0.756 e. The Labute approximate surface area is 307 Å². The lowest BCUT2D eigenvalue weighted by Crippen LogP contribution is -2.32. The fourth-order valence-corrected chi connectivity index (χ4v) is 11.0. The molecule has 2 aliphatic heterocycles. The molecule has 3 aliphatic rings. The van der Waals surface area contributed by atoms with Crippen LogP contribution in [0.3, 0.4) is 0 Å². The number of allylic oxidation sites excluding steroid dienone is 4. The summed E-state index contributed by atoms with van der Waals surface area (Å²) in [5.74, 6) is -1.18. The lowest BCUT2D eigenvalue weighted by atomic mass is 9.71. The number of benzene rings is 1. The summed E-state index contributed by atoms with van der Waals surface area (Å²) >= 11 is 12.2. The number of ketones is 1. The molecule has 1 aliphatic carbocycles. The van der Waals surface area contributed by atoms with Gasteiger partial charge in [0.15, 0.2) is 11.5 Å². The predicted molar refractivity (Wildman–Crippen MR) is 173 cm³/mol. The van der Waals surface area contributed by atoms with Gasteiger partial charge in [-0.25, -0.2) is 32.9 Å². The molecule has 6 rings (SSSR count). The number of aliphatic hydroxyl groups excluding tert-OH is 1. The van der Waals surface area contributed by atoms with Gasteiger partial charge in [0, 0.05) is 17.4 Å². The maximum atomic E-state index is 12.5. The van der Waals surface area contributed by atoms with Crippen LogP contribution in [0.4, 0.5) is 11.5 Å². The molecule has 53 heavy (non-hydrogen) atoms. The SMILES string of the molecule is CC1(C)C2=C(Cl)C(=O)C(Cl)=CC2=Nc2ccc(OP(=O)([O-])OP(=O)([O-])OP(=O)([O-])OP(=O)([O-])OC[C@H]3OC(n4cnc5c(N)ncnc54)CC3O)cc21. The normalized spacial score (nSPS) is 25.7. The first-order valence-corrected chi connectivity index (χ1v) is 21.1. The standard InChI is InChI=1S/C25H26Cl2N6O16P4/c1-25(2)12-5-11(3-4-14(12)32-15-6-13(26)22(35)20(27)19(15)25)46-51(38,39)48-53(42,43)49-52(40,41)47-50(36,37)44-8-17-16(34)7-18(45-17)33-10-31-21-23(28)29-9-30-24(21)33/h3-6,9-10,16-18,34H,7-8H2,1-2H3,(H,36,37)(H,38,39)(H,40,41)(H,42,43)(H2,28,29,30)/p-4/t16?,17-,18?/m1/s1. The second-order valence-electron chi connectivity index (χ2n) is 11.7. The van der Waals surface area contributed by atoms with Crippen LogP contribution in [0.15, 0.2) is 57.6 Å². The highest BCUT2D eigenvalue weighted by atomic mass is 35.5. The highest BCUT2D eigenvalue weighted by molar-refractivity contribution is 7.68. The predicted octanol–water partition coefficient (Wildman–Crippen LogP) is 1.64. The van der Waals surface area contributed by atoms with Crippen LogP contribution in [0.1, 0.15) is 32.1 Å². The Hall–Kier alpha value is -2.71. The van der Waals surface area contributed by atoms with Crippen LogP contribution in [0, 0.1) is 0 Å². The van der Waals surface area contributed by atoms with E-state index in [0.29, 0.717) is 0 Å². The topological polar surface area (TPSA) is 335 Å². The number of anilines is 1. The molecule has 22 nitrogen and oxygen atoms in total. The van der Waals surface area contributed by atoms with Gasteiger partial charge in [0.2, 0.25) is 5.78 Å². The van der Waals surface area contributed by atoms with Crippen molar-refractivity contribution in [3.05, 3.63) is 58.1 Å². The van der Waals surface area contributed by atoms with Crippen LogP contribution in [0.2, 0.25) is 0 Å². The summed E-state index contributed by atoms with van der Waals surface area (Å²) in [5.41, 5.74) is 6.14. The molecule has 4 heterocycles. The Kier molecular flexibility index (Phi) is 10.6. The van der Waals surface area contributed by atoms with Crippen LogP contribution in [-0.4, -0.2) is 54.9 Å². The molecule has 6 unspecified atom stereocenters. The number of fused-ring (bicyclic) bond motifs is 3. The number of ether oxygens (including phenoxy) is 1. The molecule has 1 aromatic carbocycles. The third-order valence-electron chi connectivity index (χ3n) is 7.78.